The average Bonchev–Trinajstić information content (AvgIpc) is 3.39. The number of nitrogens with one attached hydrogen (secondary N) is 2. The molecular formula is C24H29N4O3+. The van der Waals surface area contributed by atoms with E-state index in [9.17, 15) is 4.79 Å². The lowest BCUT2D eigenvalue weighted by Crippen LogP contribution is -3.11. The molecule has 1 aliphatic rings. The van der Waals surface area contributed by atoms with Gasteiger partial charge in [0.2, 0.25) is 0 Å². The second kappa shape index (κ2) is 9.22. The zero-order valence-electron chi connectivity index (χ0n) is 18.2. The molecule has 0 spiro atoms. The number of hydrogen-bond donors (Lipinski definition) is 2. The lowest BCUT2D eigenvalue weighted by atomic mass is 10.0. The number of likely N-dealkylation sites (tertiary alicyclic amines) is 1. The van der Waals surface area contributed by atoms with Crippen LogP contribution in [0.15, 0.2) is 54.6 Å². The third kappa shape index (κ3) is 4.56. The van der Waals surface area contributed by atoms with Gasteiger partial charge in [-0.05, 0) is 37.3 Å². The minimum absolute atomic E-state index is 0.0270. The van der Waals surface area contributed by atoms with Crippen LogP contribution in [0.3, 0.4) is 0 Å². The quantitative estimate of drug-likeness (QED) is 0.615. The third-order valence-electron chi connectivity index (χ3n) is 5.78. The first-order chi connectivity index (χ1) is 15.1. The topological polar surface area (TPSA) is 69.8 Å². The Morgan fingerprint density at radius 1 is 1.16 bits per heavy atom. The molecule has 7 heteroatoms. The van der Waals surface area contributed by atoms with Gasteiger partial charge in [-0.15, -0.1) is 0 Å². The molecule has 0 radical (unpaired) electrons. The number of rotatable bonds is 7. The molecule has 1 saturated heterocycles. The Kier molecular flexibility index (Phi) is 6.23. The highest BCUT2D eigenvalue weighted by Crippen LogP contribution is 2.31. The minimum Gasteiger partial charge on any atom is -0.497 e. The van der Waals surface area contributed by atoms with Crippen molar-refractivity contribution in [3.05, 3.63) is 65.9 Å². The molecule has 1 amide bonds. The highest BCUT2D eigenvalue weighted by atomic mass is 16.5. The average molecular weight is 422 g/mol. The number of anilines is 1. The Balaban J connectivity index is 1.51. The maximum Gasteiger partial charge on any atom is 0.280 e. The Bertz CT molecular complexity index is 1050. The van der Waals surface area contributed by atoms with E-state index >= 15 is 0 Å². The summed E-state index contributed by atoms with van der Waals surface area (Å²) in [6.45, 7) is 3.24. The molecule has 1 aliphatic heterocycles. The van der Waals surface area contributed by atoms with Crippen molar-refractivity contribution in [1.82, 2.24) is 9.78 Å². The SMILES string of the molecule is COc1ccc(OC)c([C@@H]2CCC[NH+]2CC(=O)Nc2cc(C)nn2-c2ccccc2)c1. The molecule has 3 aromatic rings. The molecule has 0 bridgehead atoms. The first-order valence-corrected chi connectivity index (χ1v) is 10.6. The van der Waals surface area contributed by atoms with Crippen LogP contribution in [-0.2, 0) is 4.79 Å². The van der Waals surface area contributed by atoms with Gasteiger partial charge in [-0.2, -0.15) is 5.10 Å². The number of hydrogen-bond acceptors (Lipinski definition) is 4. The summed E-state index contributed by atoms with van der Waals surface area (Å²) < 4.78 is 12.8. The van der Waals surface area contributed by atoms with E-state index in [0.717, 1.165) is 47.8 Å². The third-order valence-corrected chi connectivity index (χ3v) is 5.78. The Hall–Kier alpha value is -3.32. The highest BCUT2D eigenvalue weighted by Gasteiger charge is 2.34. The molecule has 2 atom stereocenters. The van der Waals surface area contributed by atoms with E-state index in [1.54, 1.807) is 18.9 Å². The molecule has 1 unspecified atom stereocenters. The molecule has 4 rings (SSSR count). The fraction of sp³-hybridized carbons (Fsp3) is 0.333. The number of methoxy groups -OCH3 is 2. The lowest BCUT2D eigenvalue weighted by molar-refractivity contribution is -0.910. The van der Waals surface area contributed by atoms with E-state index < -0.39 is 0 Å². The molecule has 31 heavy (non-hydrogen) atoms. The lowest BCUT2D eigenvalue weighted by Gasteiger charge is -2.23. The van der Waals surface area contributed by atoms with Crippen LogP contribution in [0.1, 0.15) is 30.1 Å². The number of carbonyl (C=O) groups excluding carboxylic acids is 1. The van der Waals surface area contributed by atoms with Crippen LogP contribution < -0.4 is 19.7 Å². The number of para-hydroxylation sites is 1. The van der Waals surface area contributed by atoms with Crippen molar-refractivity contribution >= 4 is 11.7 Å². The highest BCUT2D eigenvalue weighted by molar-refractivity contribution is 5.91. The Morgan fingerprint density at radius 2 is 1.97 bits per heavy atom. The molecule has 1 fully saturated rings. The standard InChI is InChI=1S/C24H28N4O3/c1-17-14-23(28(26-17)18-8-5-4-6-9-18)25-24(29)16-27-13-7-10-21(27)20-15-19(30-2)11-12-22(20)31-3/h4-6,8-9,11-12,14-15,21H,7,10,13,16H2,1-3H3,(H,25,29)/p+1/t21-/m0/s1. The van der Waals surface area contributed by atoms with E-state index in [0.29, 0.717) is 12.4 Å². The van der Waals surface area contributed by atoms with Gasteiger partial charge in [0.1, 0.15) is 23.4 Å². The molecule has 2 aromatic carbocycles. The predicted octanol–water partition coefficient (Wildman–Crippen LogP) is 2.56. The zero-order chi connectivity index (χ0) is 21.8. The number of aryl methyl sites for hydroxylation is 1. The fourth-order valence-electron chi connectivity index (χ4n) is 4.36. The van der Waals surface area contributed by atoms with Gasteiger partial charge in [-0.3, -0.25) is 4.79 Å². The molecule has 0 saturated carbocycles. The first kappa shape index (κ1) is 20.9. The molecule has 2 heterocycles. The summed E-state index contributed by atoms with van der Waals surface area (Å²) in [5.74, 6) is 2.29. The number of ether oxygens (including phenoxy) is 2. The Labute approximate surface area is 182 Å². The van der Waals surface area contributed by atoms with Crippen molar-refractivity contribution in [3.8, 4) is 17.2 Å². The van der Waals surface area contributed by atoms with Crippen molar-refractivity contribution in [3.63, 3.8) is 0 Å². The normalized spacial score (nSPS) is 18.0. The summed E-state index contributed by atoms with van der Waals surface area (Å²) >= 11 is 0. The number of amides is 1. The maximum absolute atomic E-state index is 13.0. The van der Waals surface area contributed by atoms with Gasteiger partial charge in [0.05, 0.1) is 37.7 Å². The molecule has 0 aliphatic carbocycles. The fourth-order valence-corrected chi connectivity index (χ4v) is 4.36. The van der Waals surface area contributed by atoms with E-state index in [2.05, 4.69) is 10.4 Å². The second-order valence-corrected chi connectivity index (χ2v) is 7.85. The van der Waals surface area contributed by atoms with Gasteiger partial charge >= 0.3 is 0 Å². The summed E-state index contributed by atoms with van der Waals surface area (Å²) in [4.78, 5) is 14.2. The molecule has 162 valence electrons. The molecule has 7 nitrogen and oxygen atoms in total. The number of carbonyl (C=O) groups is 1. The molecule has 1 aromatic heterocycles. The number of aromatic nitrogens is 2. The number of nitrogens with zero attached hydrogens (tertiary/aromatic N) is 2. The van der Waals surface area contributed by atoms with Gasteiger partial charge in [0, 0.05) is 18.9 Å². The monoisotopic (exact) mass is 421 g/mol. The molecule has 2 N–H and O–H groups in total. The van der Waals surface area contributed by atoms with E-state index in [1.807, 2.05) is 61.5 Å². The summed E-state index contributed by atoms with van der Waals surface area (Å²) in [5, 5.41) is 7.60. The zero-order valence-corrected chi connectivity index (χ0v) is 18.2. The Morgan fingerprint density at radius 3 is 2.71 bits per heavy atom. The van der Waals surface area contributed by atoms with Crippen LogP contribution in [0.4, 0.5) is 5.82 Å². The summed E-state index contributed by atoms with van der Waals surface area (Å²) in [6, 6.07) is 17.8. The van der Waals surface area contributed by atoms with Gasteiger partial charge < -0.3 is 19.7 Å². The second-order valence-electron chi connectivity index (χ2n) is 7.85. The number of quaternary nitrogens is 1. The van der Waals surface area contributed by atoms with Crippen molar-refractivity contribution < 1.29 is 19.2 Å². The van der Waals surface area contributed by atoms with E-state index in [1.165, 1.54) is 4.90 Å². The largest absolute Gasteiger partial charge is 0.497 e. The van der Waals surface area contributed by atoms with Crippen LogP contribution in [-0.4, -0.2) is 43.0 Å². The van der Waals surface area contributed by atoms with Gasteiger partial charge in [0.25, 0.3) is 5.91 Å². The number of benzene rings is 2. The minimum atomic E-state index is -0.0270. The van der Waals surface area contributed by atoms with E-state index in [-0.39, 0.29) is 11.9 Å². The predicted molar refractivity (Wildman–Crippen MR) is 119 cm³/mol. The van der Waals surface area contributed by atoms with Gasteiger partial charge in [-0.1, -0.05) is 18.2 Å². The van der Waals surface area contributed by atoms with Crippen LogP contribution >= 0.6 is 0 Å². The van der Waals surface area contributed by atoms with Crippen LogP contribution in [0.5, 0.6) is 11.5 Å². The van der Waals surface area contributed by atoms with Crippen molar-refractivity contribution in [2.75, 3.05) is 32.6 Å². The molecular weight excluding hydrogens is 392 g/mol. The summed E-state index contributed by atoms with van der Waals surface area (Å²) in [6.07, 6.45) is 2.07. The van der Waals surface area contributed by atoms with Crippen LogP contribution in [0, 0.1) is 6.92 Å². The van der Waals surface area contributed by atoms with Gasteiger partial charge in [0.15, 0.2) is 6.54 Å². The maximum atomic E-state index is 13.0. The summed E-state index contributed by atoms with van der Waals surface area (Å²) in [7, 11) is 3.34. The van der Waals surface area contributed by atoms with Crippen LogP contribution in [0.25, 0.3) is 5.69 Å². The van der Waals surface area contributed by atoms with Crippen molar-refractivity contribution in [2.24, 2.45) is 0 Å². The summed E-state index contributed by atoms with van der Waals surface area (Å²) in [5.41, 5.74) is 2.86. The van der Waals surface area contributed by atoms with Crippen molar-refractivity contribution in [1.29, 1.82) is 0 Å². The van der Waals surface area contributed by atoms with Crippen LogP contribution in [0.2, 0.25) is 0 Å². The van der Waals surface area contributed by atoms with Crippen molar-refractivity contribution in [2.45, 2.75) is 25.8 Å². The first-order valence-electron chi connectivity index (χ1n) is 10.6. The van der Waals surface area contributed by atoms with E-state index in [4.69, 9.17) is 9.47 Å². The smallest absolute Gasteiger partial charge is 0.280 e. The van der Waals surface area contributed by atoms with Gasteiger partial charge in [-0.25, -0.2) is 4.68 Å².